The zero-order valence-corrected chi connectivity index (χ0v) is 18.0. The van der Waals surface area contributed by atoms with Crippen LogP contribution in [0.5, 0.6) is 0 Å². The Kier molecular flexibility index (Phi) is 4.97. The molecule has 0 aliphatic rings. The molecule has 8 heteroatoms. The quantitative estimate of drug-likeness (QED) is 0.458. The van der Waals surface area contributed by atoms with Crippen molar-refractivity contribution in [1.29, 1.82) is 0 Å². The highest BCUT2D eigenvalue weighted by molar-refractivity contribution is 6.01. The molecule has 0 aliphatic carbocycles. The fraction of sp³-hybridized carbons (Fsp3) is 0.120. The molecule has 5 aromatic rings. The van der Waals surface area contributed by atoms with Crippen molar-refractivity contribution in [3.8, 4) is 5.69 Å². The number of carbonyl (C=O) groups is 1. The second-order valence-electron chi connectivity index (χ2n) is 7.79. The number of aryl methyl sites for hydroxylation is 1. The molecule has 3 heterocycles. The fourth-order valence-corrected chi connectivity index (χ4v) is 4.11. The van der Waals surface area contributed by atoms with E-state index in [9.17, 15) is 14.0 Å². The Labute approximate surface area is 188 Å². The van der Waals surface area contributed by atoms with Gasteiger partial charge in [-0.25, -0.2) is 13.9 Å². The van der Waals surface area contributed by atoms with Gasteiger partial charge in [0.25, 0.3) is 11.5 Å². The van der Waals surface area contributed by atoms with Crippen LogP contribution >= 0.6 is 0 Å². The first-order valence-electron chi connectivity index (χ1n) is 10.5. The van der Waals surface area contributed by atoms with Gasteiger partial charge in [0, 0.05) is 23.8 Å². The van der Waals surface area contributed by atoms with Crippen LogP contribution < -0.4 is 10.9 Å². The first kappa shape index (κ1) is 20.6. The fourth-order valence-electron chi connectivity index (χ4n) is 4.11. The van der Waals surface area contributed by atoms with E-state index in [1.165, 1.54) is 10.6 Å². The zero-order valence-electron chi connectivity index (χ0n) is 18.0. The summed E-state index contributed by atoms with van der Waals surface area (Å²) in [4.78, 5) is 30.9. The molecule has 1 N–H and O–H groups in total. The van der Waals surface area contributed by atoms with Crippen molar-refractivity contribution >= 4 is 22.3 Å². The minimum absolute atomic E-state index is 0.00584. The summed E-state index contributed by atoms with van der Waals surface area (Å²) in [6, 6.07) is 16.4. The van der Waals surface area contributed by atoms with Crippen LogP contribution in [0.4, 0.5) is 4.39 Å². The van der Waals surface area contributed by atoms with Crippen LogP contribution in [0.25, 0.3) is 22.1 Å². The van der Waals surface area contributed by atoms with E-state index < -0.39 is 17.4 Å². The number of nitrogens with zero attached hydrogens (tertiary/aromatic N) is 4. The summed E-state index contributed by atoms with van der Waals surface area (Å²) in [5, 5.41) is 7.78. The molecular formula is C25H20FN5O2. The molecule has 33 heavy (non-hydrogen) atoms. The molecule has 0 saturated heterocycles. The van der Waals surface area contributed by atoms with Crippen molar-refractivity contribution < 1.29 is 9.18 Å². The second kappa shape index (κ2) is 7.98. The molecule has 3 aromatic heterocycles. The van der Waals surface area contributed by atoms with E-state index in [4.69, 9.17) is 0 Å². The lowest BCUT2D eigenvalue weighted by Gasteiger charge is -2.21. The summed E-state index contributed by atoms with van der Waals surface area (Å²) in [6.45, 7) is 3.53. The van der Waals surface area contributed by atoms with E-state index in [0.717, 1.165) is 0 Å². The molecule has 0 aliphatic heterocycles. The van der Waals surface area contributed by atoms with E-state index in [1.54, 1.807) is 79.3 Å². The molecule has 7 nitrogen and oxygen atoms in total. The Morgan fingerprint density at radius 3 is 2.67 bits per heavy atom. The van der Waals surface area contributed by atoms with Crippen LogP contribution in [0.1, 0.15) is 34.7 Å². The van der Waals surface area contributed by atoms with Crippen molar-refractivity contribution in [1.82, 2.24) is 24.5 Å². The number of carbonyl (C=O) groups excluding carboxylic acids is 1. The minimum Gasteiger partial charge on any atom is -0.344 e. The highest BCUT2D eigenvalue weighted by Gasteiger charge is 2.23. The molecule has 0 spiro atoms. The topological polar surface area (TPSA) is 81.3 Å². The number of amides is 1. The Balaban J connectivity index is 1.64. The van der Waals surface area contributed by atoms with Crippen molar-refractivity contribution in [3.63, 3.8) is 0 Å². The first-order valence-corrected chi connectivity index (χ1v) is 10.5. The average Bonchev–Trinajstić information content (AvgIpc) is 3.15. The monoisotopic (exact) mass is 441 g/mol. The Morgan fingerprint density at radius 1 is 1.09 bits per heavy atom. The number of pyridine rings is 1. The van der Waals surface area contributed by atoms with Crippen LogP contribution in [-0.2, 0) is 0 Å². The molecule has 0 bridgehead atoms. The predicted molar refractivity (Wildman–Crippen MR) is 123 cm³/mol. The molecule has 164 valence electrons. The van der Waals surface area contributed by atoms with Crippen molar-refractivity contribution in [2.24, 2.45) is 0 Å². The maximum Gasteiger partial charge on any atom is 0.266 e. The molecule has 0 unspecified atom stereocenters. The van der Waals surface area contributed by atoms with Gasteiger partial charge in [-0.3, -0.25) is 14.2 Å². The summed E-state index contributed by atoms with van der Waals surface area (Å²) in [7, 11) is 0. The third kappa shape index (κ3) is 3.45. The van der Waals surface area contributed by atoms with Crippen LogP contribution in [0.3, 0.4) is 0 Å². The molecule has 0 saturated carbocycles. The van der Waals surface area contributed by atoms with Crippen LogP contribution in [0.15, 0.2) is 77.9 Å². The zero-order chi connectivity index (χ0) is 23.1. The van der Waals surface area contributed by atoms with Gasteiger partial charge in [0.15, 0.2) is 5.65 Å². The number of aromatic nitrogens is 4. The van der Waals surface area contributed by atoms with Crippen molar-refractivity contribution in [2.45, 2.75) is 19.9 Å². The van der Waals surface area contributed by atoms with Gasteiger partial charge in [-0.2, -0.15) is 5.10 Å². The summed E-state index contributed by atoms with van der Waals surface area (Å²) >= 11 is 0. The Morgan fingerprint density at radius 2 is 1.88 bits per heavy atom. The van der Waals surface area contributed by atoms with Gasteiger partial charge in [-0.05, 0) is 49.6 Å². The van der Waals surface area contributed by atoms with Gasteiger partial charge in [-0.15, -0.1) is 0 Å². The number of halogens is 1. The van der Waals surface area contributed by atoms with Gasteiger partial charge in [-0.1, -0.05) is 30.3 Å². The molecule has 1 amide bonds. The van der Waals surface area contributed by atoms with Gasteiger partial charge in [0.05, 0.1) is 17.1 Å². The van der Waals surface area contributed by atoms with Gasteiger partial charge in [0.1, 0.15) is 11.4 Å². The molecule has 2 aromatic carbocycles. The van der Waals surface area contributed by atoms with E-state index in [0.29, 0.717) is 33.7 Å². The Hall–Kier alpha value is -4.33. The molecule has 0 radical (unpaired) electrons. The lowest BCUT2D eigenvalue weighted by atomic mass is 10.1. The number of benzene rings is 2. The molecule has 1 atom stereocenters. The van der Waals surface area contributed by atoms with Crippen LogP contribution in [-0.4, -0.2) is 25.1 Å². The predicted octanol–water partition coefficient (Wildman–Crippen LogP) is 3.97. The summed E-state index contributed by atoms with van der Waals surface area (Å²) < 4.78 is 17.6. The number of hydrogen-bond acceptors (Lipinski definition) is 4. The summed E-state index contributed by atoms with van der Waals surface area (Å²) in [6.07, 6.45) is 3.32. The average molecular weight is 441 g/mol. The van der Waals surface area contributed by atoms with Crippen molar-refractivity contribution in [3.05, 3.63) is 106 Å². The third-order valence-corrected chi connectivity index (χ3v) is 5.63. The van der Waals surface area contributed by atoms with E-state index >= 15 is 0 Å². The number of nitrogens with one attached hydrogen (secondary N) is 1. The van der Waals surface area contributed by atoms with Gasteiger partial charge >= 0.3 is 0 Å². The minimum atomic E-state index is -0.585. The van der Waals surface area contributed by atoms with Gasteiger partial charge in [0.2, 0.25) is 0 Å². The third-order valence-electron chi connectivity index (χ3n) is 5.63. The van der Waals surface area contributed by atoms with E-state index in [1.807, 2.05) is 6.07 Å². The SMILES string of the molecule is Cc1nn2cccnc2c1C(=O)N[C@@H](C)c1cc2cccc(F)c2c(=O)n1-c1ccccc1. The molecule has 0 fully saturated rings. The lowest BCUT2D eigenvalue weighted by molar-refractivity contribution is 0.0939. The van der Waals surface area contributed by atoms with Gasteiger partial charge < -0.3 is 5.32 Å². The molecule has 5 rings (SSSR count). The number of rotatable bonds is 4. The lowest BCUT2D eigenvalue weighted by Crippen LogP contribution is -2.32. The summed E-state index contributed by atoms with van der Waals surface area (Å²) in [5.41, 5.74) is 1.97. The smallest absolute Gasteiger partial charge is 0.266 e. The molecular weight excluding hydrogens is 421 g/mol. The van der Waals surface area contributed by atoms with Crippen LogP contribution in [0.2, 0.25) is 0 Å². The Bertz CT molecular complexity index is 1570. The number of para-hydroxylation sites is 1. The summed E-state index contributed by atoms with van der Waals surface area (Å²) in [5.74, 6) is -0.946. The normalized spacial score (nSPS) is 12.2. The van der Waals surface area contributed by atoms with Crippen LogP contribution in [0, 0.1) is 12.7 Å². The second-order valence-corrected chi connectivity index (χ2v) is 7.79. The van der Waals surface area contributed by atoms with E-state index in [-0.39, 0.29) is 11.3 Å². The largest absolute Gasteiger partial charge is 0.344 e. The standard InChI is InChI=1S/C25H20FN5O2/c1-15(28-24(32)21-16(2)29-30-13-7-12-27-23(21)30)20-14-17-8-6-11-19(26)22(17)25(33)31(20)18-9-4-3-5-10-18/h3-15H,1-2H3,(H,28,32)/t15-/m0/s1. The number of hydrogen-bond donors (Lipinski definition) is 1. The highest BCUT2D eigenvalue weighted by Crippen LogP contribution is 2.23. The first-order chi connectivity index (χ1) is 16.0. The van der Waals surface area contributed by atoms with E-state index in [2.05, 4.69) is 15.4 Å². The maximum atomic E-state index is 14.6. The maximum absolute atomic E-state index is 14.6. The number of fused-ring (bicyclic) bond motifs is 2. The van der Waals surface area contributed by atoms with Crippen molar-refractivity contribution in [2.75, 3.05) is 0 Å². The highest BCUT2D eigenvalue weighted by atomic mass is 19.1.